The minimum Gasteiger partial charge on any atom is -0.351 e. The number of benzene rings is 1. The number of aromatic amines is 1. The van der Waals surface area contributed by atoms with Crippen molar-refractivity contribution in [3.63, 3.8) is 0 Å². The summed E-state index contributed by atoms with van der Waals surface area (Å²) in [6.45, 7) is 3.22. The van der Waals surface area contributed by atoms with Gasteiger partial charge in [0.05, 0.1) is 4.92 Å². The highest BCUT2D eigenvalue weighted by molar-refractivity contribution is 5.93. The van der Waals surface area contributed by atoms with E-state index in [0.29, 0.717) is 11.6 Å². The molecule has 1 aromatic carbocycles. The maximum atomic E-state index is 12.5. The van der Waals surface area contributed by atoms with Crippen LogP contribution in [0, 0.1) is 16.0 Å². The number of fused-ring (bicyclic) bond motifs is 3. The number of non-ortho nitro benzene ring substituents is 1. The van der Waals surface area contributed by atoms with Crippen molar-refractivity contribution in [3.05, 3.63) is 52.2 Å². The molecule has 1 unspecified atom stereocenters. The molecule has 0 spiro atoms. The van der Waals surface area contributed by atoms with Crippen LogP contribution in [0.15, 0.2) is 36.4 Å². The van der Waals surface area contributed by atoms with Gasteiger partial charge < -0.3 is 15.2 Å². The topological polar surface area (TPSA) is 91.3 Å². The Morgan fingerprint density at radius 1 is 1.16 bits per heavy atom. The minimum absolute atomic E-state index is 0.0515. The van der Waals surface area contributed by atoms with Crippen LogP contribution in [-0.2, 0) is 0 Å². The first-order chi connectivity index (χ1) is 12.1. The highest BCUT2D eigenvalue weighted by Gasteiger charge is 2.35. The lowest BCUT2D eigenvalue weighted by Crippen LogP contribution is -2.57. The van der Waals surface area contributed by atoms with Crippen LogP contribution in [0.3, 0.4) is 0 Å². The average molecular weight is 340 g/mol. The summed E-state index contributed by atoms with van der Waals surface area (Å²) in [5, 5.41) is 13.9. The van der Waals surface area contributed by atoms with E-state index in [9.17, 15) is 14.9 Å². The standard InChI is InChI=1S/C18H20N4O3/c23-18(20-17-11-21-9-7-13(17)8-10-21)16-6-5-15(19-16)12-1-3-14(4-2-12)22(24)25/h1-6,13,17,19H,7-11H2,(H,20,23). The molecule has 5 rings (SSSR count). The van der Waals surface area contributed by atoms with Crippen molar-refractivity contribution >= 4 is 11.6 Å². The predicted octanol–water partition coefficient (Wildman–Crippen LogP) is 2.41. The smallest absolute Gasteiger partial charge is 0.269 e. The summed E-state index contributed by atoms with van der Waals surface area (Å²) in [6, 6.07) is 10.1. The maximum absolute atomic E-state index is 12.5. The van der Waals surface area contributed by atoms with Crippen LogP contribution in [0.1, 0.15) is 23.3 Å². The Hall–Kier alpha value is -2.67. The fourth-order valence-corrected chi connectivity index (χ4v) is 3.83. The van der Waals surface area contributed by atoms with Gasteiger partial charge in [0.2, 0.25) is 0 Å². The van der Waals surface area contributed by atoms with E-state index in [1.165, 1.54) is 12.1 Å². The Bertz CT molecular complexity index is 791. The van der Waals surface area contributed by atoms with Gasteiger partial charge >= 0.3 is 0 Å². The van der Waals surface area contributed by atoms with E-state index in [1.807, 2.05) is 6.07 Å². The molecule has 2 bridgehead atoms. The zero-order chi connectivity index (χ0) is 17.4. The third-order valence-corrected chi connectivity index (χ3v) is 5.29. The fraction of sp³-hybridized carbons (Fsp3) is 0.389. The van der Waals surface area contributed by atoms with Gasteiger partial charge in [-0.15, -0.1) is 0 Å². The highest BCUT2D eigenvalue weighted by atomic mass is 16.6. The first-order valence-electron chi connectivity index (χ1n) is 8.57. The van der Waals surface area contributed by atoms with Gasteiger partial charge in [0.25, 0.3) is 11.6 Å². The number of hydrogen-bond donors (Lipinski definition) is 2. The number of aromatic nitrogens is 1. The van der Waals surface area contributed by atoms with Crippen LogP contribution in [-0.4, -0.2) is 46.4 Å². The van der Waals surface area contributed by atoms with Gasteiger partial charge in [0.1, 0.15) is 5.69 Å². The molecule has 7 nitrogen and oxygen atoms in total. The van der Waals surface area contributed by atoms with Crippen molar-refractivity contribution < 1.29 is 9.72 Å². The molecule has 25 heavy (non-hydrogen) atoms. The van der Waals surface area contributed by atoms with E-state index in [0.717, 1.165) is 43.7 Å². The lowest BCUT2D eigenvalue weighted by atomic mass is 9.84. The number of rotatable bonds is 4. The molecule has 2 N–H and O–H groups in total. The van der Waals surface area contributed by atoms with E-state index in [4.69, 9.17) is 0 Å². The SMILES string of the molecule is O=C(NC1CN2CCC1CC2)c1ccc(-c2ccc([N+](=O)[O-])cc2)[nH]1. The van der Waals surface area contributed by atoms with Crippen molar-refractivity contribution in [1.29, 1.82) is 0 Å². The second kappa shape index (κ2) is 6.33. The molecule has 2 aromatic rings. The third kappa shape index (κ3) is 3.15. The number of carbonyl (C=O) groups is 1. The number of hydrogen-bond acceptors (Lipinski definition) is 4. The van der Waals surface area contributed by atoms with Crippen molar-refractivity contribution in [3.8, 4) is 11.3 Å². The fourth-order valence-electron chi connectivity index (χ4n) is 3.83. The number of H-pyrrole nitrogens is 1. The summed E-state index contributed by atoms with van der Waals surface area (Å²) >= 11 is 0. The largest absolute Gasteiger partial charge is 0.351 e. The van der Waals surface area contributed by atoms with Crippen LogP contribution in [0.5, 0.6) is 0 Å². The minimum atomic E-state index is -0.425. The molecule has 0 radical (unpaired) electrons. The van der Waals surface area contributed by atoms with Crippen LogP contribution in [0.25, 0.3) is 11.3 Å². The maximum Gasteiger partial charge on any atom is 0.269 e. The molecule has 0 aliphatic carbocycles. The van der Waals surface area contributed by atoms with Crippen LogP contribution < -0.4 is 5.32 Å². The van der Waals surface area contributed by atoms with Gasteiger partial charge in [-0.2, -0.15) is 0 Å². The Labute approximate surface area is 145 Å². The molecule has 3 aliphatic rings. The van der Waals surface area contributed by atoms with E-state index in [2.05, 4.69) is 15.2 Å². The monoisotopic (exact) mass is 340 g/mol. The van der Waals surface area contributed by atoms with Crippen molar-refractivity contribution in [1.82, 2.24) is 15.2 Å². The molecule has 0 saturated carbocycles. The summed E-state index contributed by atoms with van der Waals surface area (Å²) in [4.78, 5) is 28.3. The first-order valence-corrected chi connectivity index (χ1v) is 8.57. The van der Waals surface area contributed by atoms with E-state index in [1.54, 1.807) is 18.2 Å². The van der Waals surface area contributed by atoms with E-state index in [-0.39, 0.29) is 17.6 Å². The Morgan fingerprint density at radius 2 is 1.88 bits per heavy atom. The van der Waals surface area contributed by atoms with E-state index < -0.39 is 4.92 Å². The molecule has 130 valence electrons. The molecule has 7 heteroatoms. The van der Waals surface area contributed by atoms with Gasteiger partial charge in [-0.05, 0) is 61.7 Å². The molecule has 1 amide bonds. The van der Waals surface area contributed by atoms with Crippen molar-refractivity contribution in [2.24, 2.45) is 5.92 Å². The third-order valence-electron chi connectivity index (χ3n) is 5.29. The summed E-state index contributed by atoms with van der Waals surface area (Å²) in [5.74, 6) is 0.491. The zero-order valence-electron chi connectivity index (χ0n) is 13.8. The van der Waals surface area contributed by atoms with Gasteiger partial charge in [-0.1, -0.05) is 0 Å². The molecular formula is C18H20N4O3. The first kappa shape index (κ1) is 15.8. The number of nitro benzene ring substituents is 1. The number of piperidine rings is 3. The number of amides is 1. The van der Waals surface area contributed by atoms with E-state index >= 15 is 0 Å². The normalized spacial score (nSPS) is 24.9. The Balaban J connectivity index is 1.45. The number of nitrogens with one attached hydrogen (secondary N) is 2. The quantitative estimate of drug-likeness (QED) is 0.660. The number of nitro groups is 1. The summed E-state index contributed by atoms with van der Waals surface area (Å²) in [7, 11) is 0. The summed E-state index contributed by atoms with van der Waals surface area (Å²) < 4.78 is 0. The number of nitrogens with zero attached hydrogens (tertiary/aromatic N) is 2. The average Bonchev–Trinajstić information content (AvgIpc) is 3.13. The van der Waals surface area contributed by atoms with Gasteiger partial charge in [-0.25, -0.2) is 0 Å². The van der Waals surface area contributed by atoms with Crippen molar-refractivity contribution in [2.45, 2.75) is 18.9 Å². The molecule has 1 atom stereocenters. The Morgan fingerprint density at radius 3 is 2.48 bits per heavy atom. The summed E-state index contributed by atoms with van der Waals surface area (Å²) in [5.41, 5.74) is 2.15. The molecule has 3 fully saturated rings. The molecule has 4 heterocycles. The van der Waals surface area contributed by atoms with Gasteiger partial charge in [-0.3, -0.25) is 14.9 Å². The number of carbonyl (C=O) groups excluding carboxylic acids is 1. The van der Waals surface area contributed by atoms with Crippen LogP contribution in [0.4, 0.5) is 5.69 Å². The second-order valence-corrected chi connectivity index (χ2v) is 6.81. The molecule has 1 aromatic heterocycles. The Kier molecular flexibility index (Phi) is 4.01. The second-order valence-electron chi connectivity index (χ2n) is 6.81. The van der Waals surface area contributed by atoms with Crippen molar-refractivity contribution in [2.75, 3.05) is 19.6 Å². The van der Waals surface area contributed by atoms with Crippen LogP contribution >= 0.6 is 0 Å². The zero-order valence-corrected chi connectivity index (χ0v) is 13.8. The molecule has 3 aliphatic heterocycles. The summed E-state index contributed by atoms with van der Waals surface area (Å²) in [6.07, 6.45) is 2.31. The van der Waals surface area contributed by atoms with Gasteiger partial charge in [0.15, 0.2) is 0 Å². The predicted molar refractivity (Wildman–Crippen MR) is 93.3 cm³/mol. The lowest BCUT2D eigenvalue weighted by molar-refractivity contribution is -0.384. The highest BCUT2D eigenvalue weighted by Crippen LogP contribution is 2.28. The van der Waals surface area contributed by atoms with Crippen LogP contribution in [0.2, 0.25) is 0 Å². The molecule has 3 saturated heterocycles. The lowest BCUT2D eigenvalue weighted by Gasteiger charge is -2.44. The molecular weight excluding hydrogens is 320 g/mol. The van der Waals surface area contributed by atoms with Gasteiger partial charge in [0, 0.05) is 30.4 Å².